The van der Waals surface area contributed by atoms with E-state index in [9.17, 15) is 4.79 Å². The smallest absolute Gasteiger partial charge is 0.249 e. The van der Waals surface area contributed by atoms with Gasteiger partial charge in [0.1, 0.15) is 0 Å². The molecule has 0 aromatic heterocycles. The van der Waals surface area contributed by atoms with Crippen molar-refractivity contribution in [1.29, 1.82) is 0 Å². The fourth-order valence-corrected chi connectivity index (χ4v) is 2.99. The van der Waals surface area contributed by atoms with Gasteiger partial charge in [-0.25, -0.2) is 4.99 Å². The van der Waals surface area contributed by atoms with E-state index in [-0.39, 0.29) is 11.8 Å². The lowest BCUT2D eigenvalue weighted by atomic mass is 9.85. The van der Waals surface area contributed by atoms with Gasteiger partial charge in [-0.2, -0.15) is 0 Å². The average molecular weight is 349 g/mol. The molecule has 26 heavy (non-hydrogen) atoms. The van der Waals surface area contributed by atoms with Gasteiger partial charge in [-0.3, -0.25) is 4.79 Å². The van der Waals surface area contributed by atoms with E-state index in [1.165, 1.54) is 0 Å². The number of hydrogen-bond donors (Lipinski definition) is 0. The lowest BCUT2D eigenvalue weighted by molar-refractivity contribution is -0.123. The molecule has 0 saturated heterocycles. The number of aliphatic imine (C=N–C) groups is 1. The van der Waals surface area contributed by atoms with Crippen molar-refractivity contribution in [1.82, 2.24) is 0 Å². The Morgan fingerprint density at radius 2 is 1.23 bits per heavy atom. The highest BCUT2D eigenvalue weighted by atomic mass is 16.1. The fourth-order valence-electron chi connectivity index (χ4n) is 2.99. The normalized spacial score (nSPS) is 13.7. The van der Waals surface area contributed by atoms with Crippen molar-refractivity contribution in [2.45, 2.75) is 19.3 Å². The lowest BCUT2D eigenvalue weighted by Crippen LogP contribution is -2.22. The van der Waals surface area contributed by atoms with Crippen molar-refractivity contribution >= 4 is 23.0 Å². The van der Waals surface area contributed by atoms with Gasteiger partial charge in [0.2, 0.25) is 5.91 Å². The largest absolute Gasteiger partial charge is 0.378 e. The van der Waals surface area contributed by atoms with Crippen LogP contribution in [0, 0.1) is 5.92 Å². The summed E-state index contributed by atoms with van der Waals surface area (Å²) in [6.07, 6.45) is 3.07. The van der Waals surface area contributed by atoms with Crippen LogP contribution in [0.2, 0.25) is 0 Å². The predicted molar refractivity (Wildman–Crippen MR) is 110 cm³/mol. The standard InChI is InChI=1S/C22H27N3O/c1-24(2)19-12-8-16(9-13-19)21(23-22(26)18-6-5-7-18)17-10-14-20(15-11-17)25(3)4/h8-15,18H,5-7H2,1-4H3. The summed E-state index contributed by atoms with van der Waals surface area (Å²) in [6, 6.07) is 16.4. The number of amides is 1. The van der Waals surface area contributed by atoms with Crippen molar-refractivity contribution in [2.75, 3.05) is 38.0 Å². The highest BCUT2D eigenvalue weighted by Crippen LogP contribution is 2.28. The molecule has 1 fully saturated rings. The molecule has 1 aliphatic rings. The van der Waals surface area contributed by atoms with Gasteiger partial charge in [0.05, 0.1) is 5.71 Å². The maximum Gasteiger partial charge on any atom is 0.249 e. The summed E-state index contributed by atoms with van der Waals surface area (Å²) in [6.45, 7) is 0. The summed E-state index contributed by atoms with van der Waals surface area (Å²) in [5.74, 6) is 0.117. The number of rotatable bonds is 5. The Kier molecular flexibility index (Phi) is 5.40. The summed E-state index contributed by atoms with van der Waals surface area (Å²) >= 11 is 0. The molecular formula is C22H27N3O. The molecule has 0 atom stereocenters. The van der Waals surface area contributed by atoms with Crippen LogP contribution in [-0.2, 0) is 4.79 Å². The van der Waals surface area contributed by atoms with E-state index in [0.29, 0.717) is 0 Å². The summed E-state index contributed by atoms with van der Waals surface area (Å²) in [4.78, 5) is 21.2. The SMILES string of the molecule is CN(C)c1ccc(C(=NC(=O)C2CCC2)c2ccc(N(C)C)cc2)cc1. The second-order valence-electron chi connectivity index (χ2n) is 7.31. The van der Waals surface area contributed by atoms with Gasteiger partial charge in [-0.1, -0.05) is 30.7 Å². The van der Waals surface area contributed by atoms with Crippen LogP contribution in [0.5, 0.6) is 0 Å². The van der Waals surface area contributed by atoms with Crippen LogP contribution in [0.3, 0.4) is 0 Å². The molecule has 0 aliphatic heterocycles. The van der Waals surface area contributed by atoms with Gasteiger partial charge >= 0.3 is 0 Å². The molecule has 0 spiro atoms. The summed E-state index contributed by atoms with van der Waals surface area (Å²) in [5, 5.41) is 0. The molecule has 0 bridgehead atoms. The number of nitrogens with zero attached hydrogens (tertiary/aromatic N) is 3. The zero-order chi connectivity index (χ0) is 18.7. The molecule has 4 nitrogen and oxygen atoms in total. The van der Waals surface area contributed by atoms with E-state index in [1.54, 1.807) is 0 Å². The second-order valence-corrected chi connectivity index (χ2v) is 7.31. The lowest BCUT2D eigenvalue weighted by Gasteiger charge is -2.22. The first-order chi connectivity index (χ1) is 12.5. The summed E-state index contributed by atoms with van der Waals surface area (Å²) in [7, 11) is 8.07. The molecule has 0 radical (unpaired) electrons. The van der Waals surface area contributed by atoms with Crippen molar-refractivity contribution in [3.8, 4) is 0 Å². The van der Waals surface area contributed by atoms with Crippen LogP contribution in [0.15, 0.2) is 53.5 Å². The first kappa shape index (κ1) is 18.2. The van der Waals surface area contributed by atoms with E-state index in [0.717, 1.165) is 47.5 Å². The maximum atomic E-state index is 12.5. The van der Waals surface area contributed by atoms with E-state index in [4.69, 9.17) is 0 Å². The average Bonchev–Trinajstić information content (AvgIpc) is 2.58. The Hall–Kier alpha value is -2.62. The first-order valence-corrected chi connectivity index (χ1v) is 9.14. The van der Waals surface area contributed by atoms with E-state index < -0.39 is 0 Å². The van der Waals surface area contributed by atoms with Crippen LogP contribution in [0.4, 0.5) is 11.4 Å². The minimum atomic E-state index is 0.0135. The van der Waals surface area contributed by atoms with Crippen molar-refractivity contribution in [3.63, 3.8) is 0 Å². The Labute approximate surface area is 156 Å². The van der Waals surface area contributed by atoms with Crippen molar-refractivity contribution in [3.05, 3.63) is 59.7 Å². The third-order valence-electron chi connectivity index (χ3n) is 4.99. The van der Waals surface area contributed by atoms with Crippen LogP contribution in [-0.4, -0.2) is 39.8 Å². The molecule has 0 unspecified atom stereocenters. The second kappa shape index (κ2) is 7.73. The zero-order valence-electron chi connectivity index (χ0n) is 16.1. The number of carbonyl (C=O) groups excluding carboxylic acids is 1. The first-order valence-electron chi connectivity index (χ1n) is 9.14. The van der Waals surface area contributed by atoms with Crippen LogP contribution in [0.1, 0.15) is 30.4 Å². The van der Waals surface area contributed by atoms with E-state index >= 15 is 0 Å². The molecule has 136 valence electrons. The molecule has 2 aromatic carbocycles. The topological polar surface area (TPSA) is 35.9 Å². The number of carbonyl (C=O) groups is 1. The third-order valence-corrected chi connectivity index (χ3v) is 4.99. The van der Waals surface area contributed by atoms with Crippen LogP contribution < -0.4 is 9.80 Å². The molecular weight excluding hydrogens is 322 g/mol. The third kappa shape index (κ3) is 3.96. The molecule has 1 aliphatic carbocycles. The predicted octanol–water partition coefficient (Wildman–Crippen LogP) is 3.98. The Bertz CT molecular complexity index is 732. The van der Waals surface area contributed by atoms with Gasteiger partial charge < -0.3 is 9.80 Å². The highest BCUT2D eigenvalue weighted by Gasteiger charge is 2.25. The van der Waals surface area contributed by atoms with Gasteiger partial charge in [-0.05, 0) is 37.1 Å². The van der Waals surface area contributed by atoms with Gasteiger partial charge in [-0.15, -0.1) is 0 Å². The molecule has 0 heterocycles. The number of benzene rings is 2. The van der Waals surface area contributed by atoms with E-state index in [1.807, 2.05) is 52.5 Å². The fraction of sp³-hybridized carbons (Fsp3) is 0.364. The highest BCUT2D eigenvalue weighted by molar-refractivity contribution is 6.17. The maximum absolute atomic E-state index is 12.5. The molecule has 4 heteroatoms. The van der Waals surface area contributed by atoms with Crippen LogP contribution >= 0.6 is 0 Å². The minimum absolute atomic E-state index is 0.0135. The monoisotopic (exact) mass is 349 g/mol. The minimum Gasteiger partial charge on any atom is -0.378 e. The van der Waals surface area contributed by atoms with Crippen molar-refractivity contribution < 1.29 is 4.79 Å². The van der Waals surface area contributed by atoms with Gasteiger partial charge in [0.25, 0.3) is 0 Å². The Morgan fingerprint density at radius 3 is 1.54 bits per heavy atom. The van der Waals surface area contributed by atoms with E-state index in [2.05, 4.69) is 39.1 Å². The quantitative estimate of drug-likeness (QED) is 0.766. The van der Waals surface area contributed by atoms with Gasteiger partial charge in [0, 0.05) is 56.6 Å². The molecule has 2 aromatic rings. The Balaban J connectivity index is 1.98. The summed E-state index contributed by atoms with van der Waals surface area (Å²) in [5.41, 5.74) is 4.96. The van der Waals surface area contributed by atoms with Crippen LogP contribution in [0.25, 0.3) is 0 Å². The number of hydrogen-bond acceptors (Lipinski definition) is 3. The number of anilines is 2. The Morgan fingerprint density at radius 1 is 0.808 bits per heavy atom. The molecule has 1 saturated carbocycles. The van der Waals surface area contributed by atoms with Gasteiger partial charge in [0.15, 0.2) is 0 Å². The van der Waals surface area contributed by atoms with Crippen molar-refractivity contribution in [2.24, 2.45) is 10.9 Å². The molecule has 3 rings (SSSR count). The zero-order valence-corrected chi connectivity index (χ0v) is 16.1. The summed E-state index contributed by atoms with van der Waals surface area (Å²) < 4.78 is 0. The molecule has 1 amide bonds. The molecule has 0 N–H and O–H groups in total.